The molecule has 2 heterocycles. The van der Waals surface area contributed by atoms with Crippen LogP contribution < -0.4 is 10.2 Å². The van der Waals surface area contributed by atoms with Crippen molar-refractivity contribution in [3.8, 4) is 11.8 Å². The third-order valence-electron chi connectivity index (χ3n) is 2.50. The van der Waals surface area contributed by atoms with E-state index in [1.54, 1.807) is 6.92 Å². The number of nitrogens with one attached hydrogen (secondary N) is 1. The van der Waals surface area contributed by atoms with Crippen molar-refractivity contribution in [3.63, 3.8) is 0 Å². The Morgan fingerprint density at radius 2 is 2.06 bits per heavy atom. The maximum atomic E-state index is 5.88. The second-order valence-corrected chi connectivity index (χ2v) is 4.04. The van der Waals surface area contributed by atoms with Crippen molar-refractivity contribution < 1.29 is 0 Å². The highest BCUT2D eigenvalue weighted by Gasteiger charge is 2.16. The van der Waals surface area contributed by atoms with E-state index in [-0.39, 0.29) is 5.28 Å². The fourth-order valence-electron chi connectivity index (χ4n) is 1.69. The summed E-state index contributed by atoms with van der Waals surface area (Å²) < 4.78 is 0. The van der Waals surface area contributed by atoms with Gasteiger partial charge in [-0.05, 0) is 31.4 Å². The molecule has 0 bridgehead atoms. The molecule has 0 amide bonds. The molecule has 0 spiro atoms. The van der Waals surface area contributed by atoms with Crippen LogP contribution in [0, 0.1) is 11.8 Å². The van der Waals surface area contributed by atoms with Crippen molar-refractivity contribution in [2.45, 2.75) is 19.8 Å². The molecule has 17 heavy (non-hydrogen) atoms. The van der Waals surface area contributed by atoms with E-state index >= 15 is 0 Å². The summed E-state index contributed by atoms with van der Waals surface area (Å²) in [6.45, 7) is 4.26. The SMILES string of the molecule is CC#CCNc1nc(Cl)nc(N2CCCC2)n1. The zero-order chi connectivity index (χ0) is 12.1. The summed E-state index contributed by atoms with van der Waals surface area (Å²) in [7, 11) is 0. The van der Waals surface area contributed by atoms with E-state index < -0.39 is 0 Å². The first kappa shape index (κ1) is 11.9. The molecule has 0 aliphatic carbocycles. The molecule has 6 heteroatoms. The topological polar surface area (TPSA) is 53.9 Å². The lowest BCUT2D eigenvalue weighted by Gasteiger charge is -2.15. The van der Waals surface area contributed by atoms with E-state index in [9.17, 15) is 0 Å². The van der Waals surface area contributed by atoms with Gasteiger partial charge in [0.15, 0.2) is 0 Å². The molecular weight excluding hydrogens is 238 g/mol. The minimum Gasteiger partial charge on any atom is -0.343 e. The third kappa shape index (κ3) is 3.21. The van der Waals surface area contributed by atoms with Crippen LogP contribution in [0.15, 0.2) is 0 Å². The molecule has 1 aromatic rings. The molecule has 5 nitrogen and oxygen atoms in total. The van der Waals surface area contributed by atoms with Gasteiger partial charge in [0.05, 0.1) is 6.54 Å². The molecule has 1 saturated heterocycles. The minimum absolute atomic E-state index is 0.217. The van der Waals surface area contributed by atoms with Crippen LogP contribution in [-0.2, 0) is 0 Å². The van der Waals surface area contributed by atoms with Crippen molar-refractivity contribution in [1.29, 1.82) is 0 Å². The van der Waals surface area contributed by atoms with Crippen LogP contribution in [-0.4, -0.2) is 34.6 Å². The van der Waals surface area contributed by atoms with Crippen LogP contribution in [0.1, 0.15) is 19.8 Å². The van der Waals surface area contributed by atoms with Crippen LogP contribution in [0.4, 0.5) is 11.9 Å². The normalized spacial score (nSPS) is 14.4. The lowest BCUT2D eigenvalue weighted by Crippen LogP contribution is -2.21. The maximum Gasteiger partial charge on any atom is 0.231 e. The monoisotopic (exact) mass is 251 g/mol. The minimum atomic E-state index is 0.217. The first-order valence-electron chi connectivity index (χ1n) is 5.59. The highest BCUT2D eigenvalue weighted by atomic mass is 35.5. The van der Waals surface area contributed by atoms with Gasteiger partial charge in [0.25, 0.3) is 0 Å². The van der Waals surface area contributed by atoms with Crippen LogP contribution >= 0.6 is 11.6 Å². The Morgan fingerprint density at radius 3 is 2.76 bits per heavy atom. The molecule has 1 aliphatic heterocycles. The Bertz CT molecular complexity index is 445. The predicted octanol–water partition coefficient (Wildman–Crippen LogP) is 1.56. The molecule has 1 aliphatic rings. The van der Waals surface area contributed by atoms with E-state index in [1.165, 1.54) is 12.8 Å². The van der Waals surface area contributed by atoms with E-state index in [0.717, 1.165) is 13.1 Å². The van der Waals surface area contributed by atoms with E-state index in [0.29, 0.717) is 18.4 Å². The van der Waals surface area contributed by atoms with Gasteiger partial charge in [-0.3, -0.25) is 0 Å². The number of aromatic nitrogens is 3. The maximum absolute atomic E-state index is 5.88. The third-order valence-corrected chi connectivity index (χ3v) is 2.67. The Morgan fingerprint density at radius 1 is 1.29 bits per heavy atom. The molecule has 0 atom stereocenters. The predicted molar refractivity (Wildman–Crippen MR) is 68.2 cm³/mol. The second kappa shape index (κ2) is 5.69. The lowest BCUT2D eigenvalue weighted by atomic mass is 10.4. The highest BCUT2D eigenvalue weighted by molar-refractivity contribution is 6.28. The Labute approximate surface area is 106 Å². The molecule has 0 aromatic carbocycles. The standard InChI is InChI=1S/C11H14ClN5/c1-2-3-6-13-10-14-9(12)15-11(16-10)17-7-4-5-8-17/h4-8H2,1H3,(H,13,14,15,16). The largest absolute Gasteiger partial charge is 0.343 e. The van der Waals surface area contributed by atoms with Crippen molar-refractivity contribution in [2.24, 2.45) is 0 Å². The van der Waals surface area contributed by atoms with Gasteiger partial charge >= 0.3 is 0 Å². The molecular formula is C11H14ClN5. The second-order valence-electron chi connectivity index (χ2n) is 3.70. The van der Waals surface area contributed by atoms with Crippen molar-refractivity contribution in [1.82, 2.24) is 15.0 Å². The van der Waals surface area contributed by atoms with Gasteiger partial charge in [-0.2, -0.15) is 15.0 Å². The molecule has 0 radical (unpaired) electrons. The molecule has 90 valence electrons. The average molecular weight is 252 g/mol. The molecule has 1 aromatic heterocycles. The van der Waals surface area contributed by atoms with Gasteiger partial charge in [0, 0.05) is 13.1 Å². The number of hydrogen-bond acceptors (Lipinski definition) is 5. The van der Waals surface area contributed by atoms with E-state index in [2.05, 4.69) is 37.0 Å². The number of halogens is 1. The van der Waals surface area contributed by atoms with Gasteiger partial charge < -0.3 is 10.2 Å². The Kier molecular flexibility index (Phi) is 3.99. The smallest absolute Gasteiger partial charge is 0.231 e. The number of nitrogens with zero attached hydrogens (tertiary/aromatic N) is 4. The summed E-state index contributed by atoms with van der Waals surface area (Å²) in [5, 5.41) is 3.22. The molecule has 1 N–H and O–H groups in total. The molecule has 1 fully saturated rings. The summed E-state index contributed by atoms with van der Waals surface area (Å²) in [4.78, 5) is 14.6. The Balaban J connectivity index is 2.12. The summed E-state index contributed by atoms with van der Waals surface area (Å²) in [5.41, 5.74) is 0. The van der Waals surface area contributed by atoms with Gasteiger partial charge in [0.2, 0.25) is 17.2 Å². The first-order chi connectivity index (χ1) is 8.29. The summed E-state index contributed by atoms with van der Waals surface area (Å²) in [6, 6.07) is 0. The summed E-state index contributed by atoms with van der Waals surface area (Å²) >= 11 is 5.88. The van der Waals surface area contributed by atoms with Crippen molar-refractivity contribution in [3.05, 3.63) is 5.28 Å². The zero-order valence-corrected chi connectivity index (χ0v) is 10.5. The van der Waals surface area contributed by atoms with Gasteiger partial charge in [0.1, 0.15) is 0 Å². The van der Waals surface area contributed by atoms with E-state index in [1.807, 2.05) is 0 Å². The molecule has 2 rings (SSSR count). The Hall–Kier alpha value is -1.54. The van der Waals surface area contributed by atoms with Crippen LogP contribution in [0.2, 0.25) is 5.28 Å². The van der Waals surface area contributed by atoms with Gasteiger partial charge in [-0.15, -0.1) is 5.92 Å². The first-order valence-corrected chi connectivity index (χ1v) is 5.97. The van der Waals surface area contributed by atoms with Crippen molar-refractivity contribution >= 4 is 23.5 Å². The lowest BCUT2D eigenvalue weighted by molar-refractivity contribution is 0.880. The zero-order valence-electron chi connectivity index (χ0n) is 9.70. The number of anilines is 2. The van der Waals surface area contributed by atoms with Crippen LogP contribution in [0.3, 0.4) is 0 Å². The van der Waals surface area contributed by atoms with E-state index in [4.69, 9.17) is 11.6 Å². The van der Waals surface area contributed by atoms with Crippen LogP contribution in [0.5, 0.6) is 0 Å². The summed E-state index contributed by atoms with van der Waals surface area (Å²) in [5.74, 6) is 6.81. The average Bonchev–Trinajstić information content (AvgIpc) is 2.82. The van der Waals surface area contributed by atoms with Crippen LogP contribution in [0.25, 0.3) is 0 Å². The number of hydrogen-bond donors (Lipinski definition) is 1. The quantitative estimate of drug-likeness (QED) is 0.827. The fraction of sp³-hybridized carbons (Fsp3) is 0.545. The fourth-order valence-corrected chi connectivity index (χ4v) is 1.84. The molecule has 0 saturated carbocycles. The summed E-state index contributed by atoms with van der Waals surface area (Å²) in [6.07, 6.45) is 2.35. The number of rotatable bonds is 3. The van der Waals surface area contributed by atoms with Crippen molar-refractivity contribution in [2.75, 3.05) is 29.9 Å². The molecule has 0 unspecified atom stereocenters. The highest BCUT2D eigenvalue weighted by Crippen LogP contribution is 2.18. The van der Waals surface area contributed by atoms with Gasteiger partial charge in [-0.1, -0.05) is 5.92 Å². The van der Waals surface area contributed by atoms with Gasteiger partial charge in [-0.25, -0.2) is 0 Å².